The number of hydrogen-bond donors (Lipinski definition) is 1. The summed E-state index contributed by atoms with van der Waals surface area (Å²) in [6.07, 6.45) is 2.00. The number of aliphatic carboxylic acids is 1. The van der Waals surface area contributed by atoms with Crippen LogP contribution in [0.3, 0.4) is 0 Å². The summed E-state index contributed by atoms with van der Waals surface area (Å²) >= 11 is 0. The van der Waals surface area contributed by atoms with Gasteiger partial charge in [0, 0.05) is 31.3 Å². The monoisotopic (exact) mass is 255 g/mol. The van der Waals surface area contributed by atoms with Crippen LogP contribution in [0.5, 0.6) is 0 Å². The van der Waals surface area contributed by atoms with E-state index >= 15 is 0 Å². The summed E-state index contributed by atoms with van der Waals surface area (Å²) in [7, 11) is 1.65. The summed E-state index contributed by atoms with van der Waals surface area (Å²) in [5.74, 6) is -0.854. The number of nitrogens with zero attached hydrogens (tertiary/aromatic N) is 1. The molecule has 1 fully saturated rings. The smallest absolute Gasteiger partial charge is 0.331 e. The number of amides is 1. The third-order valence-electron chi connectivity index (χ3n) is 3.41. The van der Waals surface area contributed by atoms with E-state index in [4.69, 9.17) is 9.84 Å². The van der Waals surface area contributed by atoms with Crippen molar-refractivity contribution < 1.29 is 19.4 Å². The van der Waals surface area contributed by atoms with E-state index in [-0.39, 0.29) is 11.5 Å². The molecule has 1 heterocycles. The third-order valence-corrected chi connectivity index (χ3v) is 3.41. The molecule has 5 nitrogen and oxygen atoms in total. The lowest BCUT2D eigenvalue weighted by Gasteiger charge is -2.32. The predicted octanol–water partition coefficient (Wildman–Crippen LogP) is 1.29. The van der Waals surface area contributed by atoms with Gasteiger partial charge in [0.2, 0.25) is 5.91 Å². The maximum absolute atomic E-state index is 12.2. The Labute approximate surface area is 107 Å². The topological polar surface area (TPSA) is 66.8 Å². The zero-order chi connectivity index (χ0) is 13.7. The molecule has 0 radical (unpaired) electrons. The molecule has 1 N–H and O–H groups in total. The van der Waals surface area contributed by atoms with Crippen molar-refractivity contribution in [1.82, 2.24) is 4.90 Å². The van der Waals surface area contributed by atoms with Crippen molar-refractivity contribution in [2.24, 2.45) is 5.92 Å². The largest absolute Gasteiger partial charge is 0.478 e. The molecule has 0 aliphatic carbocycles. The Balaban J connectivity index is 2.72. The highest BCUT2D eigenvalue weighted by atomic mass is 16.5. The highest BCUT2D eigenvalue weighted by Crippen LogP contribution is 2.19. The quantitative estimate of drug-likeness (QED) is 0.769. The van der Waals surface area contributed by atoms with E-state index < -0.39 is 5.97 Å². The fraction of sp³-hybridized carbons (Fsp3) is 0.692. The maximum atomic E-state index is 12.2. The van der Waals surface area contributed by atoms with Gasteiger partial charge < -0.3 is 14.7 Å². The number of carbonyl (C=O) groups is 2. The van der Waals surface area contributed by atoms with Crippen LogP contribution in [-0.4, -0.2) is 48.7 Å². The molecule has 0 aromatic heterocycles. The second-order valence-electron chi connectivity index (χ2n) is 4.77. The van der Waals surface area contributed by atoms with Crippen LogP contribution in [0.15, 0.2) is 11.1 Å². The molecule has 1 saturated heterocycles. The van der Waals surface area contributed by atoms with E-state index in [0.717, 1.165) is 12.8 Å². The summed E-state index contributed by atoms with van der Waals surface area (Å²) in [6, 6.07) is 0. The van der Waals surface area contributed by atoms with Crippen LogP contribution in [-0.2, 0) is 14.3 Å². The Hall–Kier alpha value is -1.36. The van der Waals surface area contributed by atoms with E-state index in [9.17, 15) is 9.59 Å². The normalized spacial score (nSPS) is 21.5. The van der Waals surface area contributed by atoms with Crippen molar-refractivity contribution in [2.45, 2.75) is 26.7 Å². The molecule has 5 heteroatoms. The van der Waals surface area contributed by atoms with Crippen LogP contribution in [0, 0.1) is 5.92 Å². The standard InChI is InChI=1S/C13H21NO4/c1-9(10(2)13(16)17)12(15)14-6-4-5-11(7-14)8-18-3/h11H,4-8H2,1-3H3,(H,16,17). The Morgan fingerprint density at radius 3 is 2.56 bits per heavy atom. The second kappa shape index (κ2) is 6.54. The molecule has 0 aromatic carbocycles. The minimum atomic E-state index is -1.04. The Morgan fingerprint density at radius 1 is 1.33 bits per heavy atom. The fourth-order valence-electron chi connectivity index (χ4n) is 2.18. The van der Waals surface area contributed by atoms with Crippen molar-refractivity contribution >= 4 is 11.9 Å². The maximum Gasteiger partial charge on any atom is 0.331 e. The highest BCUT2D eigenvalue weighted by molar-refractivity contribution is 6.01. The van der Waals surface area contributed by atoms with Crippen molar-refractivity contribution in [3.8, 4) is 0 Å². The first-order valence-corrected chi connectivity index (χ1v) is 6.16. The number of carboxylic acid groups (broad SMARTS) is 1. The van der Waals surface area contributed by atoms with Gasteiger partial charge in [0.1, 0.15) is 0 Å². The second-order valence-corrected chi connectivity index (χ2v) is 4.77. The Bertz CT molecular complexity index is 360. The molecular weight excluding hydrogens is 234 g/mol. The summed E-state index contributed by atoms with van der Waals surface area (Å²) in [6.45, 7) is 5.03. The van der Waals surface area contributed by atoms with E-state index in [1.165, 1.54) is 6.92 Å². The van der Waals surface area contributed by atoms with Crippen molar-refractivity contribution in [3.05, 3.63) is 11.1 Å². The number of likely N-dealkylation sites (tertiary alicyclic amines) is 1. The Morgan fingerprint density at radius 2 is 2.00 bits per heavy atom. The van der Waals surface area contributed by atoms with Crippen molar-refractivity contribution in [3.63, 3.8) is 0 Å². The molecule has 1 atom stereocenters. The van der Waals surface area contributed by atoms with E-state index in [1.807, 2.05) is 0 Å². The van der Waals surface area contributed by atoms with Crippen molar-refractivity contribution in [1.29, 1.82) is 0 Å². The summed E-state index contributed by atoms with van der Waals surface area (Å²) < 4.78 is 5.11. The molecular formula is C13H21NO4. The van der Waals surface area contributed by atoms with E-state index in [2.05, 4.69) is 0 Å². The van der Waals surface area contributed by atoms with Gasteiger partial charge in [-0.05, 0) is 32.6 Å². The number of ether oxygens (including phenoxy) is 1. The SMILES string of the molecule is COCC1CCCN(C(=O)C(C)=C(C)C(=O)O)C1. The summed E-state index contributed by atoms with van der Waals surface area (Å²) in [4.78, 5) is 24.7. The van der Waals surface area contributed by atoms with Crippen LogP contribution in [0.25, 0.3) is 0 Å². The molecule has 1 aliphatic heterocycles. The molecule has 0 aromatic rings. The lowest BCUT2D eigenvalue weighted by molar-refractivity contribution is -0.134. The number of rotatable bonds is 4. The highest BCUT2D eigenvalue weighted by Gasteiger charge is 2.25. The molecule has 102 valence electrons. The van der Waals surface area contributed by atoms with Gasteiger partial charge in [0.25, 0.3) is 0 Å². The Kier molecular flexibility index (Phi) is 5.34. The average molecular weight is 255 g/mol. The average Bonchev–Trinajstić information content (AvgIpc) is 2.36. The number of carbonyl (C=O) groups excluding carboxylic acids is 1. The first kappa shape index (κ1) is 14.7. The predicted molar refractivity (Wildman–Crippen MR) is 67.2 cm³/mol. The molecule has 0 saturated carbocycles. The van der Waals surface area contributed by atoms with Gasteiger partial charge in [0.15, 0.2) is 0 Å². The first-order chi connectivity index (χ1) is 8.47. The van der Waals surface area contributed by atoms with E-state index in [0.29, 0.717) is 31.2 Å². The molecule has 1 rings (SSSR count). The van der Waals surface area contributed by atoms with Gasteiger partial charge in [-0.1, -0.05) is 0 Å². The molecule has 18 heavy (non-hydrogen) atoms. The zero-order valence-electron chi connectivity index (χ0n) is 11.2. The van der Waals surface area contributed by atoms with Gasteiger partial charge in [-0.25, -0.2) is 4.79 Å². The van der Waals surface area contributed by atoms with Crippen LogP contribution >= 0.6 is 0 Å². The van der Waals surface area contributed by atoms with Gasteiger partial charge in [-0.3, -0.25) is 4.79 Å². The zero-order valence-corrected chi connectivity index (χ0v) is 11.2. The number of methoxy groups -OCH3 is 1. The summed E-state index contributed by atoms with van der Waals surface area (Å²) in [5, 5.41) is 8.89. The van der Waals surface area contributed by atoms with Gasteiger partial charge >= 0.3 is 5.97 Å². The molecule has 1 unspecified atom stereocenters. The minimum Gasteiger partial charge on any atom is -0.478 e. The molecule has 0 bridgehead atoms. The number of hydrogen-bond acceptors (Lipinski definition) is 3. The van der Waals surface area contributed by atoms with E-state index in [1.54, 1.807) is 18.9 Å². The third kappa shape index (κ3) is 3.57. The van der Waals surface area contributed by atoms with Gasteiger partial charge in [0.05, 0.1) is 6.61 Å². The van der Waals surface area contributed by atoms with Crippen LogP contribution < -0.4 is 0 Å². The summed E-state index contributed by atoms with van der Waals surface area (Å²) in [5.41, 5.74) is 0.439. The lowest BCUT2D eigenvalue weighted by atomic mass is 9.98. The van der Waals surface area contributed by atoms with Crippen LogP contribution in [0.1, 0.15) is 26.7 Å². The number of carboxylic acids is 1. The molecule has 1 amide bonds. The van der Waals surface area contributed by atoms with Gasteiger partial charge in [-0.15, -0.1) is 0 Å². The lowest BCUT2D eigenvalue weighted by Crippen LogP contribution is -2.41. The fourth-order valence-corrected chi connectivity index (χ4v) is 2.18. The minimum absolute atomic E-state index is 0.119. The van der Waals surface area contributed by atoms with Gasteiger partial charge in [-0.2, -0.15) is 0 Å². The first-order valence-electron chi connectivity index (χ1n) is 6.16. The van der Waals surface area contributed by atoms with Crippen molar-refractivity contribution in [2.75, 3.05) is 26.8 Å². The number of piperidine rings is 1. The van der Waals surface area contributed by atoms with Crippen LogP contribution in [0.4, 0.5) is 0 Å². The molecule has 1 aliphatic rings. The van der Waals surface area contributed by atoms with Crippen LogP contribution in [0.2, 0.25) is 0 Å². The molecule has 0 spiro atoms.